The molecule has 1 saturated heterocycles. The average molecular weight is 272 g/mol. The molecular weight excluding hydrogens is 256 g/mol. The van der Waals surface area contributed by atoms with Gasteiger partial charge in [-0.05, 0) is 13.8 Å². The van der Waals surface area contributed by atoms with Crippen LogP contribution in [0, 0.1) is 6.92 Å². The van der Waals surface area contributed by atoms with E-state index in [-0.39, 0.29) is 0 Å². The molecule has 1 aliphatic rings. The Kier molecular flexibility index (Phi) is 3.63. The number of thioether (sulfide) groups is 1. The van der Waals surface area contributed by atoms with Crippen molar-refractivity contribution in [3.05, 3.63) is 10.6 Å². The zero-order valence-corrected chi connectivity index (χ0v) is 11.8. The summed E-state index contributed by atoms with van der Waals surface area (Å²) >= 11 is 3.25. The van der Waals surface area contributed by atoms with Crippen molar-refractivity contribution >= 4 is 34.2 Å². The molecule has 1 fully saturated rings. The Bertz CT molecular complexity index is 433. The molecule has 0 saturated carbocycles. The number of rotatable bonds is 2. The molecule has 0 aromatic carbocycles. The second-order valence-corrected chi connectivity index (χ2v) is 6.69. The minimum absolute atomic E-state index is 0.359. The third kappa shape index (κ3) is 2.42. The maximum absolute atomic E-state index is 11.0. The van der Waals surface area contributed by atoms with Crippen molar-refractivity contribution in [2.45, 2.75) is 32.1 Å². The quantitative estimate of drug-likeness (QED) is 0.896. The van der Waals surface area contributed by atoms with Gasteiger partial charge in [0, 0.05) is 23.6 Å². The Labute approximate surface area is 109 Å². The lowest BCUT2D eigenvalue weighted by Crippen LogP contribution is -2.44. The Morgan fingerprint density at radius 3 is 2.82 bits per heavy atom. The van der Waals surface area contributed by atoms with Crippen molar-refractivity contribution in [1.82, 2.24) is 4.98 Å². The van der Waals surface area contributed by atoms with E-state index in [2.05, 4.69) is 23.7 Å². The summed E-state index contributed by atoms with van der Waals surface area (Å²) < 4.78 is 0. The van der Waals surface area contributed by atoms with Gasteiger partial charge in [0.25, 0.3) is 0 Å². The summed E-state index contributed by atoms with van der Waals surface area (Å²) in [6.45, 7) is 7.09. The highest BCUT2D eigenvalue weighted by Gasteiger charge is 2.28. The molecule has 2 rings (SSSR count). The number of nitrogens with zero attached hydrogens (tertiary/aromatic N) is 2. The lowest BCUT2D eigenvalue weighted by Gasteiger charge is -2.37. The van der Waals surface area contributed by atoms with Crippen LogP contribution in [0.1, 0.15) is 29.2 Å². The molecule has 17 heavy (non-hydrogen) atoms. The van der Waals surface area contributed by atoms with Crippen LogP contribution in [0.5, 0.6) is 0 Å². The Morgan fingerprint density at radius 2 is 2.24 bits per heavy atom. The Hall–Kier alpha value is -0.750. The van der Waals surface area contributed by atoms with Crippen molar-refractivity contribution in [3.63, 3.8) is 0 Å². The maximum Gasteiger partial charge on any atom is 0.347 e. The third-order valence-electron chi connectivity index (χ3n) is 3.11. The van der Waals surface area contributed by atoms with Gasteiger partial charge in [0.1, 0.15) is 4.88 Å². The highest BCUT2D eigenvalue weighted by atomic mass is 32.2. The van der Waals surface area contributed by atoms with Gasteiger partial charge in [-0.2, -0.15) is 11.8 Å². The lowest BCUT2D eigenvalue weighted by atomic mass is 10.2. The van der Waals surface area contributed by atoms with E-state index < -0.39 is 5.97 Å². The minimum atomic E-state index is -0.877. The smallest absolute Gasteiger partial charge is 0.347 e. The van der Waals surface area contributed by atoms with Crippen molar-refractivity contribution in [1.29, 1.82) is 0 Å². The second-order valence-electron chi connectivity index (χ2n) is 4.23. The fourth-order valence-corrected chi connectivity index (χ4v) is 4.03. The SMILES string of the molecule is Cc1nc(N2CCSC(C)C2C)sc1C(=O)O. The monoisotopic (exact) mass is 272 g/mol. The molecule has 0 radical (unpaired) electrons. The van der Waals surface area contributed by atoms with E-state index in [1.165, 1.54) is 11.3 Å². The summed E-state index contributed by atoms with van der Waals surface area (Å²) in [4.78, 5) is 18.0. The van der Waals surface area contributed by atoms with E-state index in [4.69, 9.17) is 5.11 Å². The molecule has 1 aromatic rings. The van der Waals surface area contributed by atoms with E-state index in [1.807, 2.05) is 11.8 Å². The number of hydrogen-bond acceptors (Lipinski definition) is 5. The molecule has 4 nitrogen and oxygen atoms in total. The van der Waals surface area contributed by atoms with Crippen LogP contribution in [0.2, 0.25) is 0 Å². The van der Waals surface area contributed by atoms with E-state index in [1.54, 1.807) is 6.92 Å². The van der Waals surface area contributed by atoms with Gasteiger partial charge in [-0.1, -0.05) is 18.3 Å². The number of carboxylic acid groups (broad SMARTS) is 1. The molecule has 6 heteroatoms. The van der Waals surface area contributed by atoms with Gasteiger partial charge in [-0.15, -0.1) is 0 Å². The van der Waals surface area contributed by atoms with Gasteiger partial charge in [0.05, 0.1) is 5.69 Å². The van der Waals surface area contributed by atoms with E-state index in [9.17, 15) is 4.79 Å². The van der Waals surface area contributed by atoms with Crippen LogP contribution in [0.4, 0.5) is 5.13 Å². The molecule has 2 atom stereocenters. The molecular formula is C11H16N2O2S2. The van der Waals surface area contributed by atoms with Crippen molar-refractivity contribution in [2.75, 3.05) is 17.2 Å². The normalized spacial score (nSPS) is 25.0. The number of aromatic nitrogens is 1. The number of anilines is 1. The standard InChI is InChI=1S/C11H16N2O2S2/c1-6-9(10(14)15)17-11(12-6)13-4-5-16-8(3)7(13)2/h7-8H,4-5H2,1-3H3,(H,14,15). The number of carbonyl (C=O) groups is 1. The highest BCUT2D eigenvalue weighted by molar-refractivity contribution is 8.00. The van der Waals surface area contributed by atoms with Crippen LogP contribution in [-0.2, 0) is 0 Å². The summed E-state index contributed by atoms with van der Waals surface area (Å²) in [7, 11) is 0. The van der Waals surface area contributed by atoms with Crippen LogP contribution in [0.15, 0.2) is 0 Å². The zero-order valence-electron chi connectivity index (χ0n) is 10.1. The van der Waals surface area contributed by atoms with Crippen LogP contribution in [0.3, 0.4) is 0 Å². The Morgan fingerprint density at radius 1 is 1.53 bits per heavy atom. The fourth-order valence-electron chi connectivity index (χ4n) is 1.91. The highest BCUT2D eigenvalue weighted by Crippen LogP contribution is 2.33. The molecule has 0 bridgehead atoms. The predicted molar refractivity (Wildman–Crippen MR) is 72.5 cm³/mol. The first-order chi connectivity index (χ1) is 8.00. The van der Waals surface area contributed by atoms with E-state index >= 15 is 0 Å². The summed E-state index contributed by atoms with van der Waals surface area (Å²) in [6, 6.07) is 0.404. The summed E-state index contributed by atoms with van der Waals surface area (Å²) in [5.41, 5.74) is 0.621. The van der Waals surface area contributed by atoms with Gasteiger partial charge < -0.3 is 10.0 Å². The fraction of sp³-hybridized carbons (Fsp3) is 0.636. The molecule has 0 aliphatic carbocycles. The topological polar surface area (TPSA) is 53.4 Å². The first-order valence-corrected chi connectivity index (χ1v) is 7.46. The van der Waals surface area contributed by atoms with Gasteiger partial charge in [0.2, 0.25) is 0 Å². The first kappa shape index (κ1) is 12.7. The molecule has 1 N–H and O–H groups in total. The Balaban J connectivity index is 2.27. The second kappa shape index (κ2) is 4.86. The van der Waals surface area contributed by atoms with E-state index in [0.29, 0.717) is 21.9 Å². The molecule has 94 valence electrons. The van der Waals surface area contributed by atoms with Crippen molar-refractivity contribution in [3.8, 4) is 0 Å². The van der Waals surface area contributed by atoms with Gasteiger partial charge in [-0.25, -0.2) is 9.78 Å². The summed E-state index contributed by atoms with van der Waals surface area (Å²) in [5.74, 6) is 0.199. The number of carboxylic acids is 1. The third-order valence-corrected chi connectivity index (χ3v) is 5.63. The lowest BCUT2D eigenvalue weighted by molar-refractivity contribution is 0.0701. The van der Waals surface area contributed by atoms with E-state index in [0.717, 1.165) is 17.4 Å². The molecule has 2 unspecified atom stereocenters. The van der Waals surface area contributed by atoms with Crippen molar-refractivity contribution < 1.29 is 9.90 Å². The number of hydrogen-bond donors (Lipinski definition) is 1. The number of thiazole rings is 1. The van der Waals surface area contributed by atoms with Gasteiger partial charge in [0.15, 0.2) is 5.13 Å². The van der Waals surface area contributed by atoms with Crippen LogP contribution < -0.4 is 4.90 Å². The molecule has 1 aromatic heterocycles. The van der Waals surface area contributed by atoms with Crippen LogP contribution in [0.25, 0.3) is 0 Å². The maximum atomic E-state index is 11.0. The molecule has 0 amide bonds. The average Bonchev–Trinajstić information content (AvgIpc) is 2.64. The summed E-state index contributed by atoms with van der Waals surface area (Å²) in [5, 5.41) is 10.4. The molecule has 1 aliphatic heterocycles. The van der Waals surface area contributed by atoms with Crippen LogP contribution >= 0.6 is 23.1 Å². The first-order valence-electron chi connectivity index (χ1n) is 5.59. The number of aryl methyl sites for hydroxylation is 1. The minimum Gasteiger partial charge on any atom is -0.477 e. The van der Waals surface area contributed by atoms with Crippen LogP contribution in [-0.4, -0.2) is 39.6 Å². The van der Waals surface area contributed by atoms with Gasteiger partial charge >= 0.3 is 5.97 Å². The summed E-state index contributed by atoms with van der Waals surface area (Å²) in [6.07, 6.45) is 0. The molecule has 0 spiro atoms. The molecule has 2 heterocycles. The predicted octanol–water partition coefficient (Wildman–Crippen LogP) is 2.48. The zero-order chi connectivity index (χ0) is 12.6. The van der Waals surface area contributed by atoms with Crippen molar-refractivity contribution in [2.24, 2.45) is 0 Å². The number of aromatic carboxylic acids is 1. The van der Waals surface area contributed by atoms with Gasteiger partial charge in [-0.3, -0.25) is 0 Å². The largest absolute Gasteiger partial charge is 0.477 e.